The van der Waals surface area contributed by atoms with Crippen LogP contribution in [0.2, 0.25) is 0 Å². The van der Waals surface area contributed by atoms with Gasteiger partial charge in [-0.25, -0.2) is 9.98 Å². The first-order valence-electron chi connectivity index (χ1n) is 10.0. The quantitative estimate of drug-likeness (QED) is 0.284. The van der Waals surface area contributed by atoms with Crippen LogP contribution in [0.25, 0.3) is 0 Å². The van der Waals surface area contributed by atoms with E-state index in [4.69, 9.17) is 4.99 Å². The molecule has 3 aromatic rings. The molecule has 0 atom stereocenters. The SMILES string of the molecule is CCNC(=NCc1cccc(Cn2ccnc2C)c1)NCc1c(C)nn(C)c1C.I. The number of guanidine groups is 1. The first-order valence-corrected chi connectivity index (χ1v) is 10.0. The first kappa shape index (κ1) is 23.9. The van der Waals surface area contributed by atoms with E-state index in [1.54, 1.807) is 0 Å². The van der Waals surface area contributed by atoms with Crippen LogP contribution in [0.3, 0.4) is 0 Å². The fraction of sp³-hybridized carbons (Fsp3) is 0.409. The summed E-state index contributed by atoms with van der Waals surface area (Å²) < 4.78 is 4.07. The van der Waals surface area contributed by atoms with Gasteiger partial charge in [0.25, 0.3) is 0 Å². The summed E-state index contributed by atoms with van der Waals surface area (Å²) >= 11 is 0. The van der Waals surface area contributed by atoms with E-state index in [1.807, 2.05) is 38.0 Å². The zero-order chi connectivity index (χ0) is 20.8. The minimum atomic E-state index is 0. The monoisotopic (exact) mass is 521 g/mol. The van der Waals surface area contributed by atoms with Gasteiger partial charge in [0.05, 0.1) is 12.2 Å². The maximum Gasteiger partial charge on any atom is 0.191 e. The molecule has 1 aromatic carbocycles. The fourth-order valence-corrected chi connectivity index (χ4v) is 3.35. The fourth-order valence-electron chi connectivity index (χ4n) is 3.35. The van der Waals surface area contributed by atoms with Crippen molar-refractivity contribution in [2.75, 3.05) is 6.54 Å². The average Bonchev–Trinajstić information content (AvgIpc) is 3.20. The Bertz CT molecular complexity index is 987. The van der Waals surface area contributed by atoms with Gasteiger partial charge in [-0.2, -0.15) is 5.10 Å². The van der Waals surface area contributed by atoms with Crippen LogP contribution in [0, 0.1) is 20.8 Å². The van der Waals surface area contributed by atoms with E-state index in [0.717, 1.165) is 30.6 Å². The van der Waals surface area contributed by atoms with Crippen molar-refractivity contribution in [1.29, 1.82) is 0 Å². The molecule has 0 aliphatic rings. The van der Waals surface area contributed by atoms with Gasteiger partial charge in [-0.05, 0) is 38.8 Å². The normalized spacial score (nSPS) is 11.3. The zero-order valence-corrected chi connectivity index (χ0v) is 20.8. The molecule has 2 heterocycles. The largest absolute Gasteiger partial charge is 0.357 e. The number of halogens is 1. The summed E-state index contributed by atoms with van der Waals surface area (Å²) in [5.41, 5.74) is 5.88. The highest BCUT2D eigenvalue weighted by Crippen LogP contribution is 2.12. The molecular weight excluding hydrogens is 489 g/mol. The Hall–Kier alpha value is -2.36. The molecule has 0 aliphatic heterocycles. The second kappa shape index (κ2) is 11.1. The maximum absolute atomic E-state index is 4.77. The third-order valence-electron chi connectivity index (χ3n) is 5.12. The van der Waals surface area contributed by atoms with Crippen molar-refractivity contribution in [3.05, 3.63) is 70.6 Å². The van der Waals surface area contributed by atoms with Crippen molar-refractivity contribution in [3.8, 4) is 0 Å². The number of benzene rings is 1. The van der Waals surface area contributed by atoms with E-state index in [2.05, 4.69) is 63.4 Å². The van der Waals surface area contributed by atoms with Crippen molar-refractivity contribution in [2.45, 2.75) is 47.3 Å². The molecule has 0 saturated heterocycles. The Morgan fingerprint density at radius 3 is 2.53 bits per heavy atom. The van der Waals surface area contributed by atoms with Crippen molar-refractivity contribution in [1.82, 2.24) is 30.0 Å². The Morgan fingerprint density at radius 2 is 1.90 bits per heavy atom. The molecule has 0 amide bonds. The third kappa shape index (κ3) is 6.07. The molecule has 2 N–H and O–H groups in total. The van der Waals surface area contributed by atoms with Crippen LogP contribution in [-0.2, 0) is 26.7 Å². The summed E-state index contributed by atoms with van der Waals surface area (Å²) in [4.78, 5) is 9.06. The van der Waals surface area contributed by atoms with Crippen molar-refractivity contribution >= 4 is 29.9 Å². The van der Waals surface area contributed by atoms with Gasteiger partial charge in [0.15, 0.2) is 5.96 Å². The van der Waals surface area contributed by atoms with Crippen LogP contribution in [0.1, 0.15) is 40.8 Å². The molecule has 0 saturated carbocycles. The van der Waals surface area contributed by atoms with Crippen LogP contribution in [0.5, 0.6) is 0 Å². The second-order valence-electron chi connectivity index (χ2n) is 7.24. The Kier molecular flexibility index (Phi) is 8.88. The molecule has 0 fully saturated rings. The summed E-state index contributed by atoms with van der Waals surface area (Å²) in [5.74, 6) is 1.83. The lowest BCUT2D eigenvalue weighted by atomic mass is 10.1. The number of hydrogen-bond donors (Lipinski definition) is 2. The summed E-state index contributed by atoms with van der Waals surface area (Å²) in [6, 6.07) is 8.56. The smallest absolute Gasteiger partial charge is 0.191 e. The van der Waals surface area contributed by atoms with E-state index in [0.29, 0.717) is 13.1 Å². The molecule has 8 heteroatoms. The molecule has 0 aliphatic carbocycles. The summed E-state index contributed by atoms with van der Waals surface area (Å²) in [7, 11) is 1.98. The number of hydrogen-bond acceptors (Lipinski definition) is 3. The van der Waals surface area contributed by atoms with Gasteiger partial charge in [0.1, 0.15) is 5.82 Å². The van der Waals surface area contributed by atoms with Crippen LogP contribution < -0.4 is 10.6 Å². The molecular formula is C22H32IN7. The predicted octanol–water partition coefficient (Wildman–Crippen LogP) is 3.46. The van der Waals surface area contributed by atoms with Crippen molar-refractivity contribution in [3.63, 3.8) is 0 Å². The second-order valence-corrected chi connectivity index (χ2v) is 7.24. The number of aliphatic imine (C=N–C) groups is 1. The van der Waals surface area contributed by atoms with Crippen LogP contribution >= 0.6 is 24.0 Å². The highest BCUT2D eigenvalue weighted by molar-refractivity contribution is 14.0. The van der Waals surface area contributed by atoms with Gasteiger partial charge in [0.2, 0.25) is 0 Å². The Balaban J connectivity index is 0.00000320. The highest BCUT2D eigenvalue weighted by Gasteiger charge is 2.09. The number of rotatable bonds is 7. The van der Waals surface area contributed by atoms with Gasteiger partial charge in [-0.1, -0.05) is 24.3 Å². The third-order valence-corrected chi connectivity index (χ3v) is 5.12. The van der Waals surface area contributed by atoms with Gasteiger partial charge in [-0.15, -0.1) is 24.0 Å². The van der Waals surface area contributed by atoms with E-state index in [1.165, 1.54) is 22.4 Å². The minimum Gasteiger partial charge on any atom is -0.357 e. The van der Waals surface area contributed by atoms with Gasteiger partial charge < -0.3 is 15.2 Å². The standard InChI is InChI=1S/C22H31N7.HI/c1-6-23-22(26-14-21-16(2)27-28(5)17(21)3)25-13-19-8-7-9-20(12-19)15-29-11-10-24-18(29)4;/h7-12H,6,13-15H2,1-5H3,(H2,23,25,26);1H. The van der Waals surface area contributed by atoms with E-state index >= 15 is 0 Å². The van der Waals surface area contributed by atoms with Gasteiger partial charge >= 0.3 is 0 Å². The highest BCUT2D eigenvalue weighted by atomic mass is 127. The molecule has 3 rings (SSSR count). The topological polar surface area (TPSA) is 72.1 Å². The molecule has 30 heavy (non-hydrogen) atoms. The molecule has 2 aromatic heterocycles. The zero-order valence-electron chi connectivity index (χ0n) is 18.4. The Morgan fingerprint density at radius 1 is 1.13 bits per heavy atom. The molecule has 0 radical (unpaired) electrons. The number of aromatic nitrogens is 4. The van der Waals surface area contributed by atoms with Gasteiger partial charge in [-0.3, -0.25) is 4.68 Å². The van der Waals surface area contributed by atoms with Gasteiger partial charge in [0, 0.05) is 50.3 Å². The minimum absolute atomic E-state index is 0. The lowest BCUT2D eigenvalue weighted by Gasteiger charge is -2.12. The Labute approximate surface area is 196 Å². The number of nitrogens with zero attached hydrogens (tertiary/aromatic N) is 5. The molecule has 0 unspecified atom stereocenters. The summed E-state index contributed by atoms with van der Waals surface area (Å²) in [5, 5.41) is 11.2. The average molecular weight is 521 g/mol. The molecule has 0 bridgehead atoms. The van der Waals surface area contributed by atoms with Crippen molar-refractivity contribution in [2.24, 2.45) is 12.0 Å². The van der Waals surface area contributed by atoms with Crippen LogP contribution in [-0.4, -0.2) is 31.8 Å². The lowest BCUT2D eigenvalue weighted by Crippen LogP contribution is -2.37. The molecule has 0 spiro atoms. The van der Waals surface area contributed by atoms with Crippen LogP contribution in [0.4, 0.5) is 0 Å². The lowest BCUT2D eigenvalue weighted by molar-refractivity contribution is 0.728. The predicted molar refractivity (Wildman–Crippen MR) is 132 cm³/mol. The molecule has 7 nitrogen and oxygen atoms in total. The number of nitrogens with one attached hydrogen (secondary N) is 2. The van der Waals surface area contributed by atoms with E-state index in [-0.39, 0.29) is 24.0 Å². The van der Waals surface area contributed by atoms with Crippen molar-refractivity contribution < 1.29 is 0 Å². The molecule has 162 valence electrons. The number of aryl methyl sites for hydroxylation is 3. The summed E-state index contributed by atoms with van der Waals surface area (Å²) in [6.45, 7) is 11.2. The van der Waals surface area contributed by atoms with Crippen LogP contribution in [0.15, 0.2) is 41.7 Å². The first-order chi connectivity index (χ1) is 14.0. The van der Waals surface area contributed by atoms with E-state index < -0.39 is 0 Å². The number of imidazole rings is 1. The van der Waals surface area contributed by atoms with E-state index in [9.17, 15) is 0 Å². The summed E-state index contributed by atoms with van der Waals surface area (Å²) in [6.07, 6.45) is 3.85. The maximum atomic E-state index is 4.77.